The van der Waals surface area contributed by atoms with Gasteiger partial charge in [0, 0.05) is 62.8 Å². The number of rotatable bonds is 5. The smallest absolute Gasteiger partial charge is 0.381 e. The summed E-state index contributed by atoms with van der Waals surface area (Å²) in [5, 5.41) is 0. The highest BCUT2D eigenvalue weighted by Crippen LogP contribution is 2.37. The van der Waals surface area contributed by atoms with Gasteiger partial charge in [0.1, 0.15) is 0 Å². The van der Waals surface area contributed by atoms with Gasteiger partial charge in [-0.25, -0.2) is 8.42 Å². The average Bonchev–Trinajstić information content (AvgIpc) is 2.68. The number of ether oxygens (including phenoxy) is 1. The lowest BCUT2D eigenvalue weighted by molar-refractivity contribution is -0.123. The van der Waals surface area contributed by atoms with Crippen molar-refractivity contribution in [2.45, 2.75) is 28.0 Å². The number of nitrogens with zero attached hydrogens (tertiary/aromatic N) is 2. The quantitative estimate of drug-likeness (QED) is 0.684. The van der Waals surface area contributed by atoms with E-state index in [0.717, 1.165) is 0 Å². The van der Waals surface area contributed by atoms with E-state index in [0.29, 0.717) is 18.8 Å². The van der Waals surface area contributed by atoms with Crippen LogP contribution in [0.3, 0.4) is 0 Å². The zero-order chi connectivity index (χ0) is 21.3. The number of sulfonamides is 1. The molecule has 3 rings (SSSR count). The van der Waals surface area contributed by atoms with Crippen LogP contribution in [-0.2, 0) is 19.6 Å². The number of hydrogen-bond donors (Lipinski definition) is 1. The first kappa shape index (κ1) is 22.2. The number of thioether (sulfide) groups is 1. The average molecular weight is 454 g/mol. The Kier molecular flexibility index (Phi) is 6.37. The van der Waals surface area contributed by atoms with Crippen LogP contribution in [0.5, 0.6) is 0 Å². The largest absolute Gasteiger partial charge is 0.446 e. The molecular weight excluding hydrogens is 431 g/mol. The van der Waals surface area contributed by atoms with Crippen molar-refractivity contribution in [1.82, 2.24) is 4.31 Å². The molecule has 0 unspecified atom stereocenters. The molecular formula is C17H22F3N3O4S2. The Morgan fingerprint density at radius 3 is 2.10 bits per heavy atom. The van der Waals surface area contributed by atoms with E-state index in [2.05, 4.69) is 0 Å². The van der Waals surface area contributed by atoms with Gasteiger partial charge in [0.15, 0.2) is 4.75 Å². The van der Waals surface area contributed by atoms with E-state index in [9.17, 15) is 26.4 Å². The monoisotopic (exact) mass is 453 g/mol. The van der Waals surface area contributed by atoms with E-state index in [1.807, 2.05) is 4.90 Å². The molecule has 0 radical (unpaired) electrons. The van der Waals surface area contributed by atoms with Crippen LogP contribution in [0.4, 0.5) is 18.9 Å². The maximum Gasteiger partial charge on any atom is 0.446 e. The second kappa shape index (κ2) is 8.32. The maximum absolute atomic E-state index is 13.2. The fraction of sp³-hybridized carbons (Fsp3) is 0.588. The summed E-state index contributed by atoms with van der Waals surface area (Å²) in [6.07, 6.45) is 0.0619. The first-order chi connectivity index (χ1) is 13.6. The standard InChI is InChI=1S/C17H22F3N3O4S2/c18-17(19,20)28-14-3-1-13(2-4-14)22-7-9-23(10-8-22)29(25,26)16(15(21)24)5-11-27-12-6-16/h1-4H,5-12H2,(H2,21,24). The van der Waals surface area contributed by atoms with Gasteiger partial charge in [-0.3, -0.25) is 4.79 Å². The number of primary amides is 1. The summed E-state index contributed by atoms with van der Waals surface area (Å²) in [6, 6.07) is 5.95. The molecule has 29 heavy (non-hydrogen) atoms. The highest BCUT2D eigenvalue weighted by atomic mass is 32.2. The van der Waals surface area contributed by atoms with Crippen molar-refractivity contribution in [3.8, 4) is 0 Å². The second-order valence-corrected chi connectivity index (χ2v) is 10.3. The third-order valence-electron chi connectivity index (χ3n) is 5.26. The van der Waals surface area contributed by atoms with Crippen LogP contribution >= 0.6 is 11.8 Å². The van der Waals surface area contributed by atoms with E-state index in [-0.39, 0.29) is 55.8 Å². The number of alkyl halides is 3. The number of hydrogen-bond acceptors (Lipinski definition) is 6. The number of benzene rings is 1. The summed E-state index contributed by atoms with van der Waals surface area (Å²) >= 11 is -0.182. The molecule has 0 saturated carbocycles. The normalized spacial score (nSPS) is 21.1. The fourth-order valence-electron chi connectivity index (χ4n) is 3.63. The SMILES string of the molecule is NC(=O)C1(S(=O)(=O)N2CCN(c3ccc(SC(F)(F)F)cc3)CC2)CCOCC1. The van der Waals surface area contributed by atoms with Gasteiger partial charge in [0.25, 0.3) is 0 Å². The summed E-state index contributed by atoms with van der Waals surface area (Å²) in [5.41, 5.74) is 1.85. The Morgan fingerprint density at radius 1 is 1.07 bits per heavy atom. The molecule has 2 saturated heterocycles. The zero-order valence-corrected chi connectivity index (χ0v) is 17.2. The summed E-state index contributed by atoms with van der Waals surface area (Å²) in [4.78, 5) is 14.0. The minimum atomic E-state index is -4.35. The van der Waals surface area contributed by atoms with Crippen LogP contribution in [0.2, 0.25) is 0 Å². The molecule has 2 heterocycles. The Bertz CT molecular complexity index is 832. The molecule has 0 bridgehead atoms. The van der Waals surface area contributed by atoms with Crippen LogP contribution in [-0.4, -0.2) is 68.3 Å². The molecule has 2 aliphatic rings. The number of halogens is 3. The third kappa shape index (κ3) is 4.65. The summed E-state index contributed by atoms with van der Waals surface area (Å²) in [5.74, 6) is -0.860. The van der Waals surface area contributed by atoms with Gasteiger partial charge in [-0.15, -0.1) is 0 Å². The van der Waals surface area contributed by atoms with Gasteiger partial charge < -0.3 is 15.4 Å². The highest BCUT2D eigenvalue weighted by molar-refractivity contribution is 8.00. The van der Waals surface area contributed by atoms with Crippen LogP contribution < -0.4 is 10.6 Å². The van der Waals surface area contributed by atoms with Crippen molar-refractivity contribution >= 4 is 33.4 Å². The van der Waals surface area contributed by atoms with Crippen molar-refractivity contribution < 1.29 is 31.1 Å². The number of nitrogens with two attached hydrogens (primary N) is 1. The predicted octanol–water partition coefficient (Wildman–Crippen LogP) is 1.78. The molecule has 0 spiro atoms. The van der Waals surface area contributed by atoms with Crippen LogP contribution in [0.1, 0.15) is 12.8 Å². The minimum Gasteiger partial charge on any atom is -0.381 e. The van der Waals surface area contributed by atoms with E-state index in [1.165, 1.54) is 16.4 Å². The Morgan fingerprint density at radius 2 is 1.62 bits per heavy atom. The molecule has 0 atom stereocenters. The number of carbonyl (C=O) groups is 1. The Hall–Kier alpha value is -1.50. The number of piperazine rings is 1. The molecule has 12 heteroatoms. The molecule has 7 nitrogen and oxygen atoms in total. The number of anilines is 1. The van der Waals surface area contributed by atoms with Gasteiger partial charge in [-0.1, -0.05) is 0 Å². The van der Waals surface area contributed by atoms with Crippen molar-refractivity contribution in [1.29, 1.82) is 0 Å². The summed E-state index contributed by atoms with van der Waals surface area (Å²) in [7, 11) is -3.95. The molecule has 1 aromatic carbocycles. The molecule has 2 fully saturated rings. The lowest BCUT2D eigenvalue weighted by Crippen LogP contribution is -2.61. The molecule has 2 N–H and O–H groups in total. The molecule has 1 aromatic rings. The van der Waals surface area contributed by atoms with Gasteiger partial charge in [-0.05, 0) is 36.0 Å². The van der Waals surface area contributed by atoms with E-state index in [4.69, 9.17) is 10.5 Å². The summed E-state index contributed by atoms with van der Waals surface area (Å²) < 4.78 is 68.5. The van der Waals surface area contributed by atoms with E-state index < -0.39 is 26.2 Å². The number of amides is 1. The first-order valence-corrected chi connectivity index (χ1v) is 11.3. The Balaban J connectivity index is 1.67. The van der Waals surface area contributed by atoms with E-state index >= 15 is 0 Å². The fourth-order valence-corrected chi connectivity index (χ4v) is 6.24. The van der Waals surface area contributed by atoms with Gasteiger partial charge in [0.05, 0.1) is 0 Å². The van der Waals surface area contributed by atoms with Gasteiger partial charge in [-0.2, -0.15) is 17.5 Å². The van der Waals surface area contributed by atoms with Crippen molar-refractivity contribution in [2.24, 2.45) is 5.73 Å². The zero-order valence-electron chi connectivity index (χ0n) is 15.5. The predicted molar refractivity (Wildman–Crippen MR) is 103 cm³/mol. The van der Waals surface area contributed by atoms with Crippen molar-refractivity contribution in [3.05, 3.63) is 24.3 Å². The molecule has 0 aliphatic carbocycles. The molecule has 162 valence electrons. The molecule has 1 amide bonds. The minimum absolute atomic E-state index is 0.0310. The van der Waals surface area contributed by atoms with Crippen molar-refractivity contribution in [2.75, 3.05) is 44.3 Å². The van der Waals surface area contributed by atoms with Crippen LogP contribution in [0.15, 0.2) is 29.2 Å². The van der Waals surface area contributed by atoms with Gasteiger partial charge >= 0.3 is 5.51 Å². The van der Waals surface area contributed by atoms with Crippen LogP contribution in [0.25, 0.3) is 0 Å². The van der Waals surface area contributed by atoms with Gasteiger partial charge in [0.2, 0.25) is 15.9 Å². The Labute approximate surface area is 171 Å². The first-order valence-electron chi connectivity index (χ1n) is 9.03. The van der Waals surface area contributed by atoms with Crippen LogP contribution in [0, 0.1) is 0 Å². The third-order valence-corrected chi connectivity index (χ3v) is 8.64. The highest BCUT2D eigenvalue weighted by Gasteiger charge is 2.53. The molecule has 2 aliphatic heterocycles. The maximum atomic E-state index is 13.2. The van der Waals surface area contributed by atoms with Crippen molar-refractivity contribution in [3.63, 3.8) is 0 Å². The summed E-state index contributed by atoms with van der Waals surface area (Å²) in [6.45, 7) is 1.36. The lowest BCUT2D eigenvalue weighted by atomic mass is 9.98. The van der Waals surface area contributed by atoms with E-state index in [1.54, 1.807) is 12.1 Å². The number of carbonyl (C=O) groups excluding carboxylic acids is 1. The second-order valence-electron chi connectivity index (χ2n) is 6.90. The lowest BCUT2D eigenvalue weighted by Gasteiger charge is -2.41. The molecule has 0 aromatic heterocycles. The topological polar surface area (TPSA) is 92.9 Å².